The number of nitrogens with zero attached hydrogens (tertiary/aromatic N) is 1. The van der Waals surface area contributed by atoms with Gasteiger partial charge in [0.25, 0.3) is 5.91 Å². The second-order valence-corrected chi connectivity index (χ2v) is 5.58. The number of pyridine rings is 1. The van der Waals surface area contributed by atoms with E-state index in [0.29, 0.717) is 18.7 Å². The number of ether oxygens (including phenoxy) is 1. The van der Waals surface area contributed by atoms with E-state index >= 15 is 0 Å². The van der Waals surface area contributed by atoms with Crippen molar-refractivity contribution >= 4 is 11.7 Å². The van der Waals surface area contributed by atoms with Crippen LogP contribution in [0.15, 0.2) is 12.1 Å². The minimum absolute atomic E-state index is 0.0740. The number of nitrogens with one attached hydrogen (secondary N) is 2. The second kappa shape index (κ2) is 7.98. The van der Waals surface area contributed by atoms with Gasteiger partial charge >= 0.3 is 0 Å². The maximum absolute atomic E-state index is 12.1. The number of carbonyl (C=O) groups is 1. The van der Waals surface area contributed by atoms with Crippen LogP contribution in [0.25, 0.3) is 0 Å². The maximum atomic E-state index is 12.1. The fourth-order valence-electron chi connectivity index (χ4n) is 2.02. The smallest absolute Gasteiger partial charge is 0.251 e. The van der Waals surface area contributed by atoms with Crippen molar-refractivity contribution < 1.29 is 9.53 Å². The first kappa shape index (κ1) is 15.8. The molecule has 1 aliphatic rings. The van der Waals surface area contributed by atoms with Gasteiger partial charge in [0.1, 0.15) is 5.82 Å². The maximum Gasteiger partial charge on any atom is 0.251 e. The van der Waals surface area contributed by atoms with Crippen LogP contribution in [0.1, 0.15) is 42.2 Å². The average molecular weight is 291 g/mol. The summed E-state index contributed by atoms with van der Waals surface area (Å²) in [5, 5.41) is 6.09. The highest BCUT2D eigenvalue weighted by molar-refractivity contribution is 5.94. The van der Waals surface area contributed by atoms with E-state index in [1.54, 1.807) is 12.1 Å². The van der Waals surface area contributed by atoms with Gasteiger partial charge in [-0.25, -0.2) is 4.98 Å². The van der Waals surface area contributed by atoms with E-state index in [1.165, 1.54) is 12.8 Å². The first-order valence-electron chi connectivity index (χ1n) is 7.77. The van der Waals surface area contributed by atoms with Gasteiger partial charge in [-0.3, -0.25) is 4.79 Å². The lowest BCUT2D eigenvalue weighted by Crippen LogP contribution is -2.27. The van der Waals surface area contributed by atoms with E-state index in [9.17, 15) is 4.79 Å². The molecule has 0 bridgehead atoms. The van der Waals surface area contributed by atoms with E-state index in [2.05, 4.69) is 22.5 Å². The zero-order valence-electron chi connectivity index (χ0n) is 12.9. The number of carbonyl (C=O) groups excluding carboxylic acids is 1. The third-order valence-electron chi connectivity index (χ3n) is 3.35. The van der Waals surface area contributed by atoms with E-state index in [-0.39, 0.29) is 5.91 Å². The molecule has 5 heteroatoms. The van der Waals surface area contributed by atoms with Gasteiger partial charge in [0.15, 0.2) is 0 Å². The molecule has 1 heterocycles. The van der Waals surface area contributed by atoms with Crippen LogP contribution < -0.4 is 10.6 Å². The molecule has 1 fully saturated rings. The zero-order chi connectivity index (χ0) is 15.1. The molecule has 1 amide bonds. The molecule has 1 aromatic rings. The third kappa shape index (κ3) is 5.71. The normalized spacial score (nSPS) is 14.0. The van der Waals surface area contributed by atoms with Crippen molar-refractivity contribution in [2.45, 2.75) is 33.1 Å². The van der Waals surface area contributed by atoms with Crippen LogP contribution in [0.5, 0.6) is 0 Å². The van der Waals surface area contributed by atoms with Crippen molar-refractivity contribution in [1.82, 2.24) is 10.3 Å². The van der Waals surface area contributed by atoms with Crippen molar-refractivity contribution in [2.75, 3.05) is 31.6 Å². The van der Waals surface area contributed by atoms with Crippen LogP contribution in [0.4, 0.5) is 5.82 Å². The third-order valence-corrected chi connectivity index (χ3v) is 3.35. The molecule has 0 radical (unpaired) electrons. The Morgan fingerprint density at radius 2 is 2.19 bits per heavy atom. The number of rotatable bonds is 9. The predicted molar refractivity (Wildman–Crippen MR) is 83.6 cm³/mol. The number of hydrogen-bond donors (Lipinski definition) is 2. The molecule has 1 aliphatic carbocycles. The Morgan fingerprint density at radius 3 is 2.90 bits per heavy atom. The second-order valence-electron chi connectivity index (χ2n) is 5.58. The quantitative estimate of drug-likeness (QED) is 0.686. The van der Waals surface area contributed by atoms with E-state index in [0.717, 1.165) is 37.0 Å². The van der Waals surface area contributed by atoms with Gasteiger partial charge in [-0.2, -0.15) is 0 Å². The van der Waals surface area contributed by atoms with Gasteiger partial charge < -0.3 is 15.4 Å². The van der Waals surface area contributed by atoms with Crippen LogP contribution in [0, 0.1) is 12.8 Å². The van der Waals surface area contributed by atoms with Crippen molar-refractivity contribution in [1.29, 1.82) is 0 Å². The summed E-state index contributed by atoms with van der Waals surface area (Å²) < 4.78 is 5.50. The van der Waals surface area contributed by atoms with Gasteiger partial charge in [0.05, 0.1) is 6.61 Å². The highest BCUT2D eigenvalue weighted by Gasteiger charge is 2.20. The SMILES string of the molecule is CCCNc1cc(C(=O)NCCOCC2CC2)cc(C)n1. The molecule has 0 aliphatic heterocycles. The van der Waals surface area contributed by atoms with Crippen LogP contribution in [0.2, 0.25) is 0 Å². The Bertz CT molecular complexity index is 473. The van der Waals surface area contributed by atoms with E-state index in [4.69, 9.17) is 4.74 Å². The van der Waals surface area contributed by atoms with E-state index < -0.39 is 0 Å². The summed E-state index contributed by atoms with van der Waals surface area (Å²) in [6, 6.07) is 3.60. The van der Waals surface area contributed by atoms with Gasteiger partial charge in [-0.15, -0.1) is 0 Å². The summed E-state index contributed by atoms with van der Waals surface area (Å²) in [4.78, 5) is 16.5. The van der Waals surface area contributed by atoms with Gasteiger partial charge in [0, 0.05) is 31.0 Å². The lowest BCUT2D eigenvalue weighted by molar-refractivity contribution is 0.0906. The first-order chi connectivity index (χ1) is 10.2. The molecule has 116 valence electrons. The molecule has 0 aromatic carbocycles. The number of aryl methyl sites for hydroxylation is 1. The standard InChI is InChI=1S/C16H25N3O2/c1-3-6-17-15-10-14(9-12(2)19-15)16(20)18-7-8-21-11-13-4-5-13/h9-10,13H,3-8,11H2,1-2H3,(H,17,19)(H,18,20). The summed E-state index contributed by atoms with van der Waals surface area (Å²) in [5.74, 6) is 1.44. The molecule has 2 rings (SSSR count). The largest absolute Gasteiger partial charge is 0.379 e. The molecule has 2 N–H and O–H groups in total. The molecule has 0 saturated heterocycles. The Labute approximate surface area is 126 Å². The molecular weight excluding hydrogens is 266 g/mol. The number of hydrogen-bond acceptors (Lipinski definition) is 4. The van der Waals surface area contributed by atoms with Crippen molar-refractivity contribution in [3.8, 4) is 0 Å². The summed E-state index contributed by atoms with van der Waals surface area (Å²) in [6.07, 6.45) is 3.60. The first-order valence-corrected chi connectivity index (χ1v) is 7.77. The average Bonchev–Trinajstić information content (AvgIpc) is 3.28. The molecule has 0 unspecified atom stereocenters. The summed E-state index contributed by atoms with van der Waals surface area (Å²) >= 11 is 0. The fourth-order valence-corrected chi connectivity index (χ4v) is 2.02. The van der Waals surface area contributed by atoms with Crippen LogP contribution in [-0.4, -0.2) is 37.2 Å². The lowest BCUT2D eigenvalue weighted by atomic mass is 10.2. The van der Waals surface area contributed by atoms with Gasteiger partial charge in [0.2, 0.25) is 0 Å². The fraction of sp³-hybridized carbons (Fsp3) is 0.625. The number of aromatic nitrogens is 1. The summed E-state index contributed by atoms with van der Waals surface area (Å²) in [6.45, 7) is 6.80. The molecule has 21 heavy (non-hydrogen) atoms. The Balaban J connectivity index is 1.78. The van der Waals surface area contributed by atoms with Crippen LogP contribution in [0.3, 0.4) is 0 Å². The topological polar surface area (TPSA) is 63.2 Å². The van der Waals surface area contributed by atoms with Crippen LogP contribution >= 0.6 is 0 Å². The predicted octanol–water partition coefficient (Wildman–Crippen LogP) is 2.37. The van der Waals surface area contributed by atoms with Gasteiger partial charge in [-0.05, 0) is 44.2 Å². The molecular formula is C16H25N3O2. The highest BCUT2D eigenvalue weighted by atomic mass is 16.5. The molecule has 5 nitrogen and oxygen atoms in total. The number of anilines is 1. The molecule has 0 atom stereocenters. The number of amides is 1. The Hall–Kier alpha value is -1.62. The molecule has 1 saturated carbocycles. The monoisotopic (exact) mass is 291 g/mol. The van der Waals surface area contributed by atoms with Gasteiger partial charge in [-0.1, -0.05) is 6.92 Å². The molecule has 1 aromatic heterocycles. The zero-order valence-corrected chi connectivity index (χ0v) is 12.9. The minimum Gasteiger partial charge on any atom is -0.379 e. The molecule has 0 spiro atoms. The summed E-state index contributed by atoms with van der Waals surface area (Å²) in [7, 11) is 0. The van der Waals surface area contributed by atoms with Crippen LogP contribution in [-0.2, 0) is 4.74 Å². The highest BCUT2D eigenvalue weighted by Crippen LogP contribution is 2.28. The summed E-state index contributed by atoms with van der Waals surface area (Å²) in [5.41, 5.74) is 1.48. The Morgan fingerprint density at radius 1 is 1.38 bits per heavy atom. The van der Waals surface area contributed by atoms with Crippen molar-refractivity contribution in [3.05, 3.63) is 23.4 Å². The Kier molecular flexibility index (Phi) is 5.99. The van der Waals surface area contributed by atoms with Crippen molar-refractivity contribution in [3.63, 3.8) is 0 Å². The minimum atomic E-state index is -0.0740. The van der Waals surface area contributed by atoms with Crippen molar-refractivity contribution in [2.24, 2.45) is 5.92 Å². The lowest BCUT2D eigenvalue weighted by Gasteiger charge is -2.09. The van der Waals surface area contributed by atoms with E-state index in [1.807, 2.05) is 6.92 Å².